The second-order valence-corrected chi connectivity index (χ2v) is 9.07. The van der Waals surface area contributed by atoms with Gasteiger partial charge in [-0.15, -0.1) is 11.6 Å². The lowest BCUT2D eigenvalue weighted by Gasteiger charge is -2.33. The molecule has 1 aliphatic carbocycles. The van der Waals surface area contributed by atoms with Gasteiger partial charge in [0.05, 0.1) is 6.61 Å². The Labute approximate surface area is 206 Å². The van der Waals surface area contributed by atoms with Crippen LogP contribution in [0.3, 0.4) is 0 Å². The maximum atomic E-state index is 13.6. The number of ether oxygens (including phenoxy) is 1. The lowest BCUT2D eigenvalue weighted by atomic mass is 9.94. The number of benzene rings is 2. The molecule has 0 aliphatic heterocycles. The standard InChI is InChI=1S/C27H34ClFN2O3/c1-2-3-17-34-24-15-11-21(12-16-24)26(27(33)30-23-7-5-4-6-8-23)31(25(32)18-28)19-20-9-13-22(29)14-10-20/h9-16,23,26H,2-8,17-19H2,1H3,(H,30,33)/t26-/m0/s1. The summed E-state index contributed by atoms with van der Waals surface area (Å²) in [5.41, 5.74) is 1.39. The third-order valence-electron chi connectivity index (χ3n) is 6.17. The van der Waals surface area contributed by atoms with E-state index in [1.807, 2.05) is 24.3 Å². The van der Waals surface area contributed by atoms with E-state index < -0.39 is 6.04 Å². The van der Waals surface area contributed by atoms with Crippen molar-refractivity contribution in [1.82, 2.24) is 10.2 Å². The third-order valence-corrected chi connectivity index (χ3v) is 6.40. The molecule has 2 aromatic rings. The molecule has 1 fully saturated rings. The molecule has 1 saturated carbocycles. The zero-order chi connectivity index (χ0) is 24.3. The van der Waals surface area contributed by atoms with Crippen molar-refractivity contribution in [2.45, 2.75) is 70.5 Å². The number of carbonyl (C=O) groups is 2. The smallest absolute Gasteiger partial charge is 0.247 e. The van der Waals surface area contributed by atoms with Gasteiger partial charge in [-0.25, -0.2) is 4.39 Å². The van der Waals surface area contributed by atoms with E-state index in [0.29, 0.717) is 12.2 Å². The highest BCUT2D eigenvalue weighted by Gasteiger charge is 2.32. The van der Waals surface area contributed by atoms with Crippen LogP contribution >= 0.6 is 11.6 Å². The fraction of sp³-hybridized carbons (Fsp3) is 0.481. The van der Waals surface area contributed by atoms with Gasteiger partial charge in [0.25, 0.3) is 0 Å². The summed E-state index contributed by atoms with van der Waals surface area (Å²) in [5.74, 6) is -0.487. The molecule has 0 saturated heterocycles. The van der Waals surface area contributed by atoms with Crippen LogP contribution in [0.2, 0.25) is 0 Å². The molecule has 0 unspecified atom stereocenters. The highest BCUT2D eigenvalue weighted by Crippen LogP contribution is 2.28. The molecule has 0 radical (unpaired) electrons. The summed E-state index contributed by atoms with van der Waals surface area (Å²) in [6, 6.07) is 12.5. The van der Waals surface area contributed by atoms with E-state index in [4.69, 9.17) is 16.3 Å². The van der Waals surface area contributed by atoms with Gasteiger partial charge in [0, 0.05) is 12.6 Å². The highest BCUT2D eigenvalue weighted by molar-refractivity contribution is 6.27. The predicted molar refractivity (Wildman–Crippen MR) is 132 cm³/mol. The summed E-state index contributed by atoms with van der Waals surface area (Å²) in [4.78, 5) is 28.0. The van der Waals surface area contributed by atoms with Crippen LogP contribution < -0.4 is 10.1 Å². The van der Waals surface area contributed by atoms with Crippen LogP contribution in [-0.2, 0) is 16.1 Å². The number of carbonyl (C=O) groups excluding carboxylic acids is 2. The van der Waals surface area contributed by atoms with Crippen molar-refractivity contribution in [3.63, 3.8) is 0 Å². The fourth-order valence-corrected chi connectivity index (χ4v) is 4.42. The molecule has 1 aliphatic rings. The molecular weight excluding hydrogens is 455 g/mol. The molecule has 1 N–H and O–H groups in total. The molecule has 5 nitrogen and oxygen atoms in total. The number of nitrogens with one attached hydrogen (secondary N) is 1. The van der Waals surface area contributed by atoms with Crippen molar-refractivity contribution in [3.05, 3.63) is 65.5 Å². The van der Waals surface area contributed by atoms with Crippen LogP contribution in [0.1, 0.15) is 69.0 Å². The number of rotatable bonds is 11. The Morgan fingerprint density at radius 2 is 1.76 bits per heavy atom. The second kappa shape index (κ2) is 13.3. The number of hydrogen-bond donors (Lipinski definition) is 1. The Bertz CT molecular complexity index is 914. The van der Waals surface area contributed by atoms with E-state index in [9.17, 15) is 14.0 Å². The van der Waals surface area contributed by atoms with Crippen LogP contribution in [0.25, 0.3) is 0 Å². The summed E-state index contributed by atoms with van der Waals surface area (Å²) in [5, 5.41) is 3.16. The molecule has 0 bridgehead atoms. The molecule has 2 aromatic carbocycles. The van der Waals surface area contributed by atoms with Crippen molar-refractivity contribution >= 4 is 23.4 Å². The second-order valence-electron chi connectivity index (χ2n) is 8.80. The molecular formula is C27H34ClFN2O3. The summed E-state index contributed by atoms with van der Waals surface area (Å²) >= 11 is 5.96. The summed E-state index contributed by atoms with van der Waals surface area (Å²) in [6.07, 6.45) is 7.22. The largest absolute Gasteiger partial charge is 0.494 e. The normalized spacial score (nSPS) is 14.9. The number of hydrogen-bond acceptors (Lipinski definition) is 3. The first-order valence-corrected chi connectivity index (χ1v) is 12.7. The van der Waals surface area contributed by atoms with Crippen LogP contribution in [0, 0.1) is 5.82 Å². The molecule has 34 heavy (non-hydrogen) atoms. The van der Waals surface area contributed by atoms with Gasteiger partial charge in [0.1, 0.15) is 23.5 Å². The van der Waals surface area contributed by atoms with Gasteiger partial charge >= 0.3 is 0 Å². The molecule has 0 aromatic heterocycles. The van der Waals surface area contributed by atoms with E-state index >= 15 is 0 Å². The first-order chi connectivity index (χ1) is 16.5. The topological polar surface area (TPSA) is 58.6 Å². The molecule has 0 spiro atoms. The Morgan fingerprint density at radius 3 is 2.38 bits per heavy atom. The number of halogens is 2. The molecule has 184 valence electrons. The van der Waals surface area contributed by atoms with Crippen molar-refractivity contribution in [2.75, 3.05) is 12.5 Å². The number of alkyl halides is 1. The first-order valence-electron chi connectivity index (χ1n) is 12.1. The molecule has 0 heterocycles. The summed E-state index contributed by atoms with van der Waals surface area (Å²) < 4.78 is 19.2. The van der Waals surface area contributed by atoms with E-state index in [-0.39, 0.29) is 36.1 Å². The summed E-state index contributed by atoms with van der Waals surface area (Å²) in [6.45, 7) is 2.87. The van der Waals surface area contributed by atoms with Gasteiger partial charge in [-0.3, -0.25) is 9.59 Å². The van der Waals surface area contributed by atoms with E-state index in [0.717, 1.165) is 49.8 Å². The fourth-order valence-electron chi connectivity index (χ4n) is 4.27. The van der Waals surface area contributed by atoms with Crippen LogP contribution in [0.5, 0.6) is 5.75 Å². The number of amides is 2. The quantitative estimate of drug-likeness (QED) is 0.323. The van der Waals surface area contributed by atoms with Crippen LogP contribution in [0.15, 0.2) is 48.5 Å². The van der Waals surface area contributed by atoms with Gasteiger partial charge in [-0.2, -0.15) is 0 Å². The van der Waals surface area contributed by atoms with E-state index in [2.05, 4.69) is 12.2 Å². The van der Waals surface area contributed by atoms with Gasteiger partial charge in [0.15, 0.2) is 0 Å². The zero-order valence-corrected chi connectivity index (χ0v) is 20.5. The number of nitrogens with zero attached hydrogens (tertiary/aromatic N) is 1. The Morgan fingerprint density at radius 1 is 1.09 bits per heavy atom. The zero-order valence-electron chi connectivity index (χ0n) is 19.8. The van der Waals surface area contributed by atoms with Gasteiger partial charge in [-0.05, 0) is 54.7 Å². The third kappa shape index (κ3) is 7.45. The minimum Gasteiger partial charge on any atom is -0.494 e. The van der Waals surface area contributed by atoms with Gasteiger partial charge in [-0.1, -0.05) is 56.9 Å². The van der Waals surface area contributed by atoms with Crippen LogP contribution in [0.4, 0.5) is 4.39 Å². The predicted octanol–water partition coefficient (Wildman–Crippen LogP) is 5.76. The maximum Gasteiger partial charge on any atom is 0.247 e. The highest BCUT2D eigenvalue weighted by atomic mass is 35.5. The van der Waals surface area contributed by atoms with Gasteiger partial charge in [0.2, 0.25) is 11.8 Å². The van der Waals surface area contributed by atoms with Crippen LogP contribution in [-0.4, -0.2) is 35.2 Å². The average molecular weight is 489 g/mol. The SMILES string of the molecule is CCCCOc1ccc([C@@H](C(=O)NC2CCCCC2)N(Cc2ccc(F)cc2)C(=O)CCl)cc1. The minimum atomic E-state index is -0.858. The Hall–Kier alpha value is -2.60. The van der Waals surface area contributed by atoms with E-state index in [1.54, 1.807) is 12.1 Å². The first kappa shape index (κ1) is 26.0. The molecule has 7 heteroatoms. The number of unbranched alkanes of at least 4 members (excludes halogenated alkanes) is 1. The Balaban J connectivity index is 1.89. The van der Waals surface area contributed by atoms with Crippen molar-refractivity contribution < 1.29 is 18.7 Å². The van der Waals surface area contributed by atoms with Gasteiger partial charge < -0.3 is 15.0 Å². The lowest BCUT2D eigenvalue weighted by Crippen LogP contribution is -2.47. The van der Waals surface area contributed by atoms with Crippen molar-refractivity contribution in [3.8, 4) is 5.75 Å². The minimum absolute atomic E-state index is 0.0965. The van der Waals surface area contributed by atoms with Crippen molar-refractivity contribution in [2.24, 2.45) is 0 Å². The van der Waals surface area contributed by atoms with Crippen molar-refractivity contribution in [1.29, 1.82) is 0 Å². The maximum absolute atomic E-state index is 13.6. The molecule has 1 atom stereocenters. The Kier molecular flexibility index (Phi) is 10.2. The monoisotopic (exact) mass is 488 g/mol. The van der Waals surface area contributed by atoms with E-state index in [1.165, 1.54) is 23.5 Å². The molecule has 3 rings (SSSR count). The molecule has 2 amide bonds. The lowest BCUT2D eigenvalue weighted by molar-refractivity contribution is -0.140. The summed E-state index contributed by atoms with van der Waals surface area (Å²) in [7, 11) is 0. The average Bonchev–Trinajstić information content (AvgIpc) is 2.86.